The lowest BCUT2D eigenvalue weighted by atomic mass is 10.0. The van der Waals surface area contributed by atoms with Crippen molar-refractivity contribution in [3.05, 3.63) is 58.7 Å². The number of aryl methyl sites for hydroxylation is 2. The maximum absolute atomic E-state index is 12.2. The lowest BCUT2D eigenvalue weighted by molar-refractivity contribution is 0.100. The number of H-pyrrole nitrogens is 1. The molecule has 1 aliphatic rings. The Morgan fingerprint density at radius 3 is 2.64 bits per heavy atom. The summed E-state index contributed by atoms with van der Waals surface area (Å²) < 4.78 is 5.41. The molecule has 1 aromatic heterocycles. The van der Waals surface area contributed by atoms with Gasteiger partial charge in [0.2, 0.25) is 0 Å². The number of carbonyl (C=O) groups is 1. The van der Waals surface area contributed by atoms with Crippen LogP contribution in [0.3, 0.4) is 0 Å². The Hall–Kier alpha value is -3.72. The number of anilines is 4. The number of hydrogen-bond donors (Lipinski definition) is 5. The normalized spacial score (nSPS) is 13.7. The number of primary amides is 1. The predicted molar refractivity (Wildman–Crippen MR) is 129 cm³/mol. The zero-order valence-corrected chi connectivity index (χ0v) is 18.9. The summed E-state index contributed by atoms with van der Waals surface area (Å²) in [5.41, 5.74) is 10.5. The van der Waals surface area contributed by atoms with E-state index in [4.69, 9.17) is 10.5 Å². The summed E-state index contributed by atoms with van der Waals surface area (Å²) in [4.78, 5) is 14.5. The lowest BCUT2D eigenvalue weighted by Crippen LogP contribution is -2.36. The Morgan fingerprint density at radius 2 is 1.97 bits per heavy atom. The van der Waals surface area contributed by atoms with Crippen molar-refractivity contribution in [1.82, 2.24) is 10.2 Å². The molecule has 2 aromatic carbocycles. The third-order valence-electron chi connectivity index (χ3n) is 5.81. The smallest absolute Gasteiger partial charge is 0.256 e. The monoisotopic (exact) mass is 450 g/mol. The third-order valence-corrected chi connectivity index (χ3v) is 5.81. The number of hydrogen-bond acceptors (Lipinski definition) is 7. The van der Waals surface area contributed by atoms with Crippen molar-refractivity contribution in [2.45, 2.75) is 26.8 Å². The quantitative estimate of drug-likeness (QED) is 0.356. The Bertz CT molecular complexity index is 1120. The minimum absolute atomic E-state index is 0.262. The van der Waals surface area contributed by atoms with Gasteiger partial charge in [0.15, 0.2) is 5.82 Å². The van der Waals surface area contributed by atoms with Crippen molar-refractivity contribution in [3.8, 4) is 5.75 Å². The Labute approximate surface area is 192 Å². The second-order valence-corrected chi connectivity index (χ2v) is 8.09. The van der Waals surface area contributed by atoms with Gasteiger partial charge in [-0.3, -0.25) is 9.89 Å². The lowest BCUT2D eigenvalue weighted by Gasteiger charge is -2.28. The van der Waals surface area contributed by atoms with Crippen LogP contribution < -0.4 is 21.3 Å². The fourth-order valence-corrected chi connectivity index (χ4v) is 4.01. The van der Waals surface area contributed by atoms with Crippen LogP contribution in [0.2, 0.25) is 0 Å². The first-order valence-electron chi connectivity index (χ1n) is 11.1. The van der Waals surface area contributed by atoms with E-state index in [9.17, 15) is 9.90 Å². The Kier molecular flexibility index (Phi) is 6.69. The second kappa shape index (κ2) is 9.83. The van der Waals surface area contributed by atoms with E-state index in [2.05, 4.69) is 25.7 Å². The van der Waals surface area contributed by atoms with Gasteiger partial charge in [0.1, 0.15) is 17.1 Å². The first-order valence-corrected chi connectivity index (χ1v) is 11.1. The van der Waals surface area contributed by atoms with Gasteiger partial charge in [0.05, 0.1) is 13.2 Å². The molecule has 174 valence electrons. The number of ether oxygens (including phenoxy) is 1. The molecule has 2 heterocycles. The first kappa shape index (κ1) is 22.5. The van der Waals surface area contributed by atoms with Crippen LogP contribution in [0.15, 0.2) is 36.4 Å². The van der Waals surface area contributed by atoms with Crippen molar-refractivity contribution < 1.29 is 14.6 Å². The summed E-state index contributed by atoms with van der Waals surface area (Å²) in [7, 11) is 0. The Balaban J connectivity index is 1.48. The first-order chi connectivity index (χ1) is 16.0. The average molecular weight is 451 g/mol. The molecule has 1 amide bonds. The molecule has 0 atom stereocenters. The summed E-state index contributed by atoms with van der Waals surface area (Å²) in [5, 5.41) is 23.7. The van der Waals surface area contributed by atoms with Crippen LogP contribution >= 0.6 is 0 Å². The van der Waals surface area contributed by atoms with Crippen LogP contribution in [-0.4, -0.2) is 47.5 Å². The molecule has 33 heavy (non-hydrogen) atoms. The van der Waals surface area contributed by atoms with Crippen LogP contribution in [-0.2, 0) is 17.7 Å². The van der Waals surface area contributed by atoms with E-state index in [1.165, 1.54) is 0 Å². The molecule has 0 bridgehead atoms. The molecule has 6 N–H and O–H groups in total. The zero-order valence-electron chi connectivity index (χ0n) is 18.9. The highest BCUT2D eigenvalue weighted by molar-refractivity contribution is 6.03. The standard InChI is InChI=1S/C24H30N6O3/c1-3-17-13-16(12-15(2)21(17)31)14-26-23-20(22(25)32)24(29-28-23)27-18-4-6-19(7-5-18)30-8-10-33-11-9-30/h4-7,12-13,31H,3,8-11,14H2,1-2H3,(H2,25,32)(H3,26,27,28,29). The van der Waals surface area contributed by atoms with Crippen molar-refractivity contribution in [3.63, 3.8) is 0 Å². The fourth-order valence-electron chi connectivity index (χ4n) is 4.01. The number of rotatable bonds is 8. The molecule has 0 unspecified atom stereocenters. The molecule has 1 saturated heterocycles. The highest BCUT2D eigenvalue weighted by atomic mass is 16.5. The average Bonchev–Trinajstić information content (AvgIpc) is 3.23. The number of aromatic nitrogens is 2. The summed E-state index contributed by atoms with van der Waals surface area (Å²) in [5.74, 6) is 0.541. The van der Waals surface area contributed by atoms with E-state index in [0.29, 0.717) is 23.9 Å². The Morgan fingerprint density at radius 1 is 1.24 bits per heavy atom. The van der Waals surface area contributed by atoms with Gasteiger partial charge in [-0.2, -0.15) is 5.10 Å². The van der Waals surface area contributed by atoms with E-state index in [1.54, 1.807) is 0 Å². The minimum atomic E-state index is -0.588. The van der Waals surface area contributed by atoms with Gasteiger partial charge in [0.25, 0.3) is 5.91 Å². The van der Waals surface area contributed by atoms with Crippen LogP contribution in [0, 0.1) is 6.92 Å². The second-order valence-electron chi connectivity index (χ2n) is 8.09. The van der Waals surface area contributed by atoms with Gasteiger partial charge >= 0.3 is 0 Å². The van der Waals surface area contributed by atoms with E-state index in [1.807, 2.05) is 50.2 Å². The number of benzene rings is 2. The number of morpholine rings is 1. The molecule has 1 aliphatic heterocycles. The maximum atomic E-state index is 12.2. The van der Waals surface area contributed by atoms with Gasteiger partial charge in [-0.15, -0.1) is 0 Å². The number of carbonyl (C=O) groups excluding carboxylic acids is 1. The summed E-state index contributed by atoms with van der Waals surface area (Å²) in [6.07, 6.45) is 0.730. The molecule has 0 radical (unpaired) electrons. The van der Waals surface area contributed by atoms with Gasteiger partial charge in [-0.25, -0.2) is 0 Å². The molecular weight excluding hydrogens is 420 g/mol. The molecule has 3 aromatic rings. The van der Waals surface area contributed by atoms with Crippen molar-refractivity contribution in [1.29, 1.82) is 0 Å². The summed E-state index contributed by atoms with van der Waals surface area (Å²) in [6.45, 7) is 7.50. The van der Waals surface area contributed by atoms with Crippen LogP contribution in [0.25, 0.3) is 0 Å². The number of phenolic OH excluding ortho intramolecular Hbond substituents is 1. The third kappa shape index (κ3) is 5.04. The van der Waals surface area contributed by atoms with Crippen LogP contribution in [0.1, 0.15) is 34.0 Å². The molecular formula is C24H30N6O3. The van der Waals surface area contributed by atoms with Crippen molar-refractivity contribution in [2.75, 3.05) is 41.8 Å². The largest absolute Gasteiger partial charge is 0.507 e. The number of nitrogens with zero attached hydrogens (tertiary/aromatic N) is 2. The molecule has 9 heteroatoms. The SMILES string of the molecule is CCc1cc(CNc2n[nH]c(Nc3ccc(N4CCOCC4)cc3)c2C(N)=O)cc(C)c1O. The maximum Gasteiger partial charge on any atom is 0.256 e. The minimum Gasteiger partial charge on any atom is -0.507 e. The molecule has 4 rings (SSSR count). The van der Waals surface area contributed by atoms with E-state index < -0.39 is 5.91 Å². The highest BCUT2D eigenvalue weighted by Gasteiger charge is 2.19. The van der Waals surface area contributed by atoms with Gasteiger partial charge < -0.3 is 31.1 Å². The van der Waals surface area contributed by atoms with Crippen LogP contribution in [0.4, 0.5) is 23.0 Å². The number of nitrogens with two attached hydrogens (primary N) is 1. The van der Waals surface area contributed by atoms with E-state index >= 15 is 0 Å². The summed E-state index contributed by atoms with van der Waals surface area (Å²) in [6, 6.07) is 11.8. The van der Waals surface area contributed by atoms with Crippen molar-refractivity contribution >= 4 is 28.9 Å². The molecule has 1 fully saturated rings. The van der Waals surface area contributed by atoms with Gasteiger partial charge in [-0.05, 0) is 54.3 Å². The predicted octanol–water partition coefficient (Wildman–Crippen LogP) is 3.28. The highest BCUT2D eigenvalue weighted by Crippen LogP contribution is 2.28. The number of phenols is 1. The number of aromatic amines is 1. The fraction of sp³-hybridized carbons (Fsp3) is 0.333. The molecule has 0 saturated carbocycles. The van der Waals surface area contributed by atoms with Crippen molar-refractivity contribution in [2.24, 2.45) is 5.73 Å². The van der Waals surface area contributed by atoms with Crippen LogP contribution in [0.5, 0.6) is 5.75 Å². The summed E-state index contributed by atoms with van der Waals surface area (Å²) >= 11 is 0. The van der Waals surface area contributed by atoms with Gasteiger partial charge in [0, 0.05) is 31.0 Å². The molecule has 0 spiro atoms. The number of aromatic hydroxyl groups is 1. The number of nitrogens with one attached hydrogen (secondary N) is 3. The topological polar surface area (TPSA) is 129 Å². The van der Waals surface area contributed by atoms with E-state index in [0.717, 1.165) is 60.8 Å². The molecule has 0 aliphatic carbocycles. The molecule has 9 nitrogen and oxygen atoms in total. The zero-order chi connectivity index (χ0) is 23.4. The van der Waals surface area contributed by atoms with Gasteiger partial charge in [-0.1, -0.05) is 19.1 Å². The number of amides is 1. The van der Waals surface area contributed by atoms with E-state index in [-0.39, 0.29) is 5.56 Å².